The Labute approximate surface area is 126 Å². The average molecular weight is 304 g/mol. The van der Waals surface area contributed by atoms with Gasteiger partial charge in [-0.1, -0.05) is 6.07 Å². The summed E-state index contributed by atoms with van der Waals surface area (Å²) in [4.78, 5) is 23.5. The van der Waals surface area contributed by atoms with Crippen LogP contribution in [-0.2, 0) is 9.59 Å². The van der Waals surface area contributed by atoms with Crippen molar-refractivity contribution < 1.29 is 18.4 Å². The summed E-state index contributed by atoms with van der Waals surface area (Å²) in [5, 5.41) is 4.65. The lowest BCUT2D eigenvalue weighted by molar-refractivity contribution is -0.133. The number of hydrogen-bond donors (Lipinski definition) is 2. The van der Waals surface area contributed by atoms with Crippen LogP contribution in [0, 0.1) is 25.5 Å². The molecule has 0 unspecified atom stereocenters. The van der Waals surface area contributed by atoms with Crippen LogP contribution in [0.4, 0.5) is 20.2 Å². The number of carbonyl (C=O) groups is 2. The van der Waals surface area contributed by atoms with E-state index in [1.54, 1.807) is 12.1 Å². The molecule has 0 fully saturated rings. The first-order chi connectivity index (χ1) is 10.3. The standard InChI is InChI=1S/C16H14F2N2O2/c1-9-5-10(2)7-12(6-9)20-16(22)15(21)19-11-3-4-13(17)14(18)8-11/h3-8H,1-2H3,(H,19,21)(H,20,22). The maximum Gasteiger partial charge on any atom is 0.314 e. The van der Waals surface area contributed by atoms with Gasteiger partial charge in [0.05, 0.1) is 0 Å². The molecular weight excluding hydrogens is 290 g/mol. The van der Waals surface area contributed by atoms with Crippen LogP contribution in [0.5, 0.6) is 0 Å². The van der Waals surface area contributed by atoms with E-state index in [9.17, 15) is 18.4 Å². The van der Waals surface area contributed by atoms with Gasteiger partial charge >= 0.3 is 11.8 Å². The number of halogens is 2. The van der Waals surface area contributed by atoms with E-state index in [2.05, 4.69) is 10.6 Å². The summed E-state index contributed by atoms with van der Waals surface area (Å²) in [5.74, 6) is -4.00. The van der Waals surface area contributed by atoms with Gasteiger partial charge in [-0.15, -0.1) is 0 Å². The van der Waals surface area contributed by atoms with Crippen molar-refractivity contribution in [1.29, 1.82) is 0 Å². The Balaban J connectivity index is 2.05. The molecule has 0 saturated carbocycles. The van der Waals surface area contributed by atoms with E-state index in [-0.39, 0.29) is 5.69 Å². The molecule has 2 rings (SSSR count). The summed E-state index contributed by atoms with van der Waals surface area (Å²) in [6, 6.07) is 8.20. The number of aryl methyl sites for hydroxylation is 2. The number of benzene rings is 2. The van der Waals surface area contributed by atoms with Gasteiger partial charge in [0.25, 0.3) is 0 Å². The quantitative estimate of drug-likeness (QED) is 0.837. The van der Waals surface area contributed by atoms with Crippen LogP contribution in [0.1, 0.15) is 11.1 Å². The highest BCUT2D eigenvalue weighted by Gasteiger charge is 2.15. The fraction of sp³-hybridized carbons (Fsp3) is 0.125. The molecule has 2 amide bonds. The molecule has 114 valence electrons. The smallest absolute Gasteiger partial charge is 0.314 e. The Morgan fingerprint density at radius 3 is 1.86 bits per heavy atom. The molecular formula is C16H14F2N2O2. The molecule has 0 aliphatic rings. The molecule has 2 N–H and O–H groups in total. The molecule has 6 heteroatoms. The molecule has 0 radical (unpaired) electrons. The van der Waals surface area contributed by atoms with Gasteiger partial charge in [-0.3, -0.25) is 9.59 Å². The Morgan fingerprint density at radius 1 is 0.773 bits per heavy atom. The number of anilines is 2. The van der Waals surface area contributed by atoms with Crippen LogP contribution in [0.3, 0.4) is 0 Å². The first kappa shape index (κ1) is 15.6. The lowest BCUT2D eigenvalue weighted by Crippen LogP contribution is -2.29. The topological polar surface area (TPSA) is 58.2 Å². The summed E-state index contributed by atoms with van der Waals surface area (Å²) in [7, 11) is 0. The van der Waals surface area contributed by atoms with Crippen LogP contribution in [-0.4, -0.2) is 11.8 Å². The minimum absolute atomic E-state index is 0.000488. The van der Waals surface area contributed by atoms with Crippen molar-refractivity contribution in [3.63, 3.8) is 0 Å². The van der Waals surface area contributed by atoms with Gasteiger partial charge in [-0.2, -0.15) is 0 Å². The van der Waals surface area contributed by atoms with Gasteiger partial charge in [0, 0.05) is 17.4 Å². The molecule has 0 saturated heterocycles. The zero-order valence-electron chi connectivity index (χ0n) is 12.0. The van der Waals surface area contributed by atoms with Crippen molar-refractivity contribution in [3.8, 4) is 0 Å². The lowest BCUT2D eigenvalue weighted by Gasteiger charge is -2.08. The van der Waals surface area contributed by atoms with Gasteiger partial charge < -0.3 is 10.6 Å². The molecule has 4 nitrogen and oxygen atoms in total. The third kappa shape index (κ3) is 3.88. The Morgan fingerprint density at radius 2 is 1.32 bits per heavy atom. The van der Waals surface area contributed by atoms with Crippen molar-refractivity contribution in [2.45, 2.75) is 13.8 Å². The third-order valence-electron chi connectivity index (χ3n) is 2.86. The summed E-state index contributed by atoms with van der Waals surface area (Å²) < 4.78 is 25.8. The molecule has 0 bridgehead atoms. The summed E-state index contributed by atoms with van der Waals surface area (Å²) in [6.07, 6.45) is 0. The zero-order chi connectivity index (χ0) is 16.3. The Hall–Kier alpha value is -2.76. The first-order valence-electron chi connectivity index (χ1n) is 6.51. The zero-order valence-corrected chi connectivity index (χ0v) is 12.0. The highest BCUT2D eigenvalue weighted by Crippen LogP contribution is 2.15. The van der Waals surface area contributed by atoms with Crippen molar-refractivity contribution >= 4 is 23.2 Å². The maximum absolute atomic E-state index is 13.0. The second-order valence-corrected chi connectivity index (χ2v) is 4.91. The largest absolute Gasteiger partial charge is 0.318 e. The first-order valence-corrected chi connectivity index (χ1v) is 6.51. The summed E-state index contributed by atoms with van der Waals surface area (Å²) in [6.45, 7) is 3.73. The summed E-state index contributed by atoms with van der Waals surface area (Å²) >= 11 is 0. The van der Waals surface area contributed by atoms with Crippen LogP contribution < -0.4 is 10.6 Å². The van der Waals surface area contributed by atoms with E-state index in [1.165, 1.54) is 6.07 Å². The van der Waals surface area contributed by atoms with Crippen molar-refractivity contribution in [3.05, 3.63) is 59.2 Å². The second kappa shape index (κ2) is 6.34. The van der Waals surface area contributed by atoms with Crippen LogP contribution in [0.15, 0.2) is 36.4 Å². The Bertz CT molecular complexity index is 725. The molecule has 0 heterocycles. The van der Waals surface area contributed by atoms with E-state index >= 15 is 0 Å². The van der Waals surface area contributed by atoms with E-state index < -0.39 is 23.4 Å². The molecule has 0 spiro atoms. The normalized spacial score (nSPS) is 10.2. The number of nitrogens with one attached hydrogen (secondary N) is 2. The number of amides is 2. The van der Waals surface area contributed by atoms with Crippen molar-refractivity contribution in [2.24, 2.45) is 0 Å². The van der Waals surface area contributed by atoms with Crippen LogP contribution >= 0.6 is 0 Å². The summed E-state index contributed by atoms with van der Waals surface area (Å²) in [5.41, 5.74) is 2.37. The van der Waals surface area contributed by atoms with Gasteiger partial charge in [0.15, 0.2) is 11.6 Å². The van der Waals surface area contributed by atoms with E-state index in [0.29, 0.717) is 5.69 Å². The van der Waals surface area contributed by atoms with Gasteiger partial charge in [0.2, 0.25) is 0 Å². The van der Waals surface area contributed by atoms with Crippen molar-refractivity contribution in [1.82, 2.24) is 0 Å². The second-order valence-electron chi connectivity index (χ2n) is 4.91. The van der Waals surface area contributed by atoms with E-state index in [1.807, 2.05) is 19.9 Å². The van der Waals surface area contributed by atoms with Gasteiger partial charge in [-0.25, -0.2) is 8.78 Å². The van der Waals surface area contributed by atoms with Gasteiger partial charge in [-0.05, 0) is 49.2 Å². The fourth-order valence-electron chi connectivity index (χ4n) is 2.00. The minimum Gasteiger partial charge on any atom is -0.318 e. The molecule has 2 aromatic rings. The predicted molar refractivity (Wildman–Crippen MR) is 79.5 cm³/mol. The predicted octanol–water partition coefficient (Wildman–Crippen LogP) is 3.16. The molecule has 0 aromatic heterocycles. The number of carbonyl (C=O) groups excluding carboxylic acids is 2. The maximum atomic E-state index is 13.0. The average Bonchev–Trinajstić information content (AvgIpc) is 2.41. The third-order valence-corrected chi connectivity index (χ3v) is 2.86. The molecule has 0 aliphatic carbocycles. The molecule has 2 aromatic carbocycles. The molecule has 22 heavy (non-hydrogen) atoms. The number of hydrogen-bond acceptors (Lipinski definition) is 2. The SMILES string of the molecule is Cc1cc(C)cc(NC(=O)C(=O)Nc2ccc(F)c(F)c2)c1. The highest BCUT2D eigenvalue weighted by molar-refractivity contribution is 6.43. The fourth-order valence-corrected chi connectivity index (χ4v) is 2.00. The van der Waals surface area contributed by atoms with Crippen LogP contribution in [0.2, 0.25) is 0 Å². The highest BCUT2D eigenvalue weighted by atomic mass is 19.2. The van der Waals surface area contributed by atoms with E-state index in [4.69, 9.17) is 0 Å². The molecule has 0 atom stereocenters. The Kier molecular flexibility index (Phi) is 4.50. The lowest BCUT2D eigenvalue weighted by atomic mass is 10.1. The monoisotopic (exact) mass is 304 g/mol. The minimum atomic E-state index is -1.10. The van der Waals surface area contributed by atoms with Crippen LogP contribution in [0.25, 0.3) is 0 Å². The van der Waals surface area contributed by atoms with Gasteiger partial charge in [0.1, 0.15) is 0 Å². The number of rotatable bonds is 2. The van der Waals surface area contributed by atoms with E-state index in [0.717, 1.165) is 23.3 Å². The molecule has 0 aliphatic heterocycles. The van der Waals surface area contributed by atoms with Crippen molar-refractivity contribution in [2.75, 3.05) is 10.6 Å².